The minimum atomic E-state index is -0.768. The van der Waals surface area contributed by atoms with Gasteiger partial charge in [-0.2, -0.15) is 0 Å². The summed E-state index contributed by atoms with van der Waals surface area (Å²) >= 11 is 0. The number of carboxylic acid groups (broad SMARTS) is 1. The molecule has 0 saturated carbocycles. The maximum Gasteiger partial charge on any atom is 0.309 e. The number of rotatable bonds is 6. The van der Waals surface area contributed by atoms with Crippen molar-refractivity contribution in [3.05, 3.63) is 35.9 Å². The molecular formula is C19H25NO5. The van der Waals surface area contributed by atoms with Gasteiger partial charge >= 0.3 is 5.97 Å². The lowest BCUT2D eigenvalue weighted by atomic mass is 9.84. The summed E-state index contributed by atoms with van der Waals surface area (Å²) in [6.45, 7) is 2.32. The van der Waals surface area contributed by atoms with Crippen molar-refractivity contribution in [3.8, 4) is 0 Å². The van der Waals surface area contributed by atoms with E-state index in [0.717, 1.165) is 18.4 Å². The number of hydrogen-bond acceptors (Lipinski definition) is 4. The van der Waals surface area contributed by atoms with E-state index in [1.54, 1.807) is 0 Å². The highest BCUT2D eigenvalue weighted by Gasteiger charge is 2.40. The Hall–Kier alpha value is -1.92. The van der Waals surface area contributed by atoms with Crippen LogP contribution in [0.5, 0.6) is 0 Å². The Morgan fingerprint density at radius 3 is 2.56 bits per heavy atom. The summed E-state index contributed by atoms with van der Waals surface area (Å²) in [5.41, 5.74) is 1.05. The van der Waals surface area contributed by atoms with Gasteiger partial charge in [0.25, 0.3) is 0 Å². The van der Waals surface area contributed by atoms with E-state index in [4.69, 9.17) is 9.47 Å². The third-order valence-corrected chi connectivity index (χ3v) is 5.15. The topological polar surface area (TPSA) is 76.1 Å². The second kappa shape index (κ2) is 8.45. The van der Waals surface area contributed by atoms with Crippen LogP contribution in [0.4, 0.5) is 0 Å². The van der Waals surface area contributed by atoms with Crippen LogP contribution in [0.3, 0.4) is 0 Å². The van der Waals surface area contributed by atoms with E-state index in [0.29, 0.717) is 32.7 Å². The maximum atomic E-state index is 12.3. The first-order valence-electron chi connectivity index (χ1n) is 8.89. The van der Waals surface area contributed by atoms with E-state index >= 15 is 0 Å². The molecule has 0 spiro atoms. The van der Waals surface area contributed by atoms with Crippen molar-refractivity contribution in [2.24, 2.45) is 11.8 Å². The third-order valence-electron chi connectivity index (χ3n) is 5.15. The van der Waals surface area contributed by atoms with Gasteiger partial charge in [-0.3, -0.25) is 9.59 Å². The quantitative estimate of drug-likeness (QED) is 0.851. The van der Waals surface area contributed by atoms with E-state index in [1.165, 1.54) is 0 Å². The summed E-state index contributed by atoms with van der Waals surface area (Å²) in [5.74, 6) is -0.953. The molecule has 1 N–H and O–H groups in total. The van der Waals surface area contributed by atoms with Gasteiger partial charge in [-0.05, 0) is 30.7 Å². The van der Waals surface area contributed by atoms with Gasteiger partial charge in [0.1, 0.15) is 6.61 Å². The van der Waals surface area contributed by atoms with E-state index in [-0.39, 0.29) is 24.5 Å². The summed E-state index contributed by atoms with van der Waals surface area (Å²) in [6, 6.07) is 9.77. The number of amides is 1. The van der Waals surface area contributed by atoms with E-state index in [1.807, 2.05) is 35.2 Å². The van der Waals surface area contributed by atoms with Gasteiger partial charge in [0.05, 0.1) is 18.6 Å². The van der Waals surface area contributed by atoms with Crippen LogP contribution in [0.25, 0.3) is 0 Å². The lowest BCUT2D eigenvalue weighted by Crippen LogP contribution is -2.44. The van der Waals surface area contributed by atoms with Crippen molar-refractivity contribution in [3.63, 3.8) is 0 Å². The van der Waals surface area contributed by atoms with E-state index in [9.17, 15) is 14.7 Å². The third kappa shape index (κ3) is 4.58. The molecule has 3 rings (SSSR count). The molecule has 6 nitrogen and oxygen atoms in total. The number of piperidine rings is 1. The lowest BCUT2D eigenvalue weighted by molar-refractivity contribution is -0.146. The molecule has 1 unspecified atom stereocenters. The first kappa shape index (κ1) is 17.9. The normalized spacial score (nSPS) is 24.4. The van der Waals surface area contributed by atoms with Crippen molar-refractivity contribution in [1.82, 2.24) is 4.90 Å². The average molecular weight is 347 g/mol. The second-order valence-corrected chi connectivity index (χ2v) is 6.77. The Morgan fingerprint density at radius 1 is 1.16 bits per heavy atom. The zero-order valence-electron chi connectivity index (χ0n) is 14.3. The number of likely N-dealkylation sites (tertiary alicyclic amines) is 1. The maximum absolute atomic E-state index is 12.3. The van der Waals surface area contributed by atoms with Gasteiger partial charge < -0.3 is 19.5 Å². The molecule has 0 radical (unpaired) electrons. The monoisotopic (exact) mass is 347 g/mol. The van der Waals surface area contributed by atoms with Crippen LogP contribution < -0.4 is 0 Å². The highest BCUT2D eigenvalue weighted by atomic mass is 16.5. The SMILES string of the molecule is O=C(O)C1CCO[C@H]1C1CCN(C(=O)COCc2ccccc2)CC1. The molecule has 2 fully saturated rings. The molecule has 0 aliphatic carbocycles. The minimum Gasteiger partial charge on any atom is -0.481 e. The standard InChI is InChI=1S/C19H25NO5/c21-17(13-24-12-14-4-2-1-3-5-14)20-9-6-15(7-10-20)18-16(19(22)23)8-11-25-18/h1-5,15-16,18H,6-13H2,(H,22,23)/t16?,18-/m0/s1. The summed E-state index contributed by atoms with van der Waals surface area (Å²) in [7, 11) is 0. The number of carbonyl (C=O) groups excluding carboxylic acids is 1. The Bertz CT molecular complexity index is 583. The molecule has 1 aromatic carbocycles. The predicted octanol–water partition coefficient (Wildman–Crippen LogP) is 1.93. The van der Waals surface area contributed by atoms with Crippen molar-refractivity contribution < 1.29 is 24.2 Å². The molecule has 0 aromatic heterocycles. The fraction of sp³-hybridized carbons (Fsp3) is 0.579. The van der Waals surface area contributed by atoms with Crippen LogP contribution in [-0.2, 0) is 25.7 Å². The number of benzene rings is 1. The van der Waals surface area contributed by atoms with Crippen molar-refractivity contribution in [1.29, 1.82) is 0 Å². The number of carboxylic acids is 1. The van der Waals surface area contributed by atoms with Crippen LogP contribution >= 0.6 is 0 Å². The Morgan fingerprint density at radius 2 is 1.88 bits per heavy atom. The van der Waals surface area contributed by atoms with Crippen molar-refractivity contribution in [2.45, 2.75) is 32.0 Å². The Balaban J connectivity index is 1.41. The predicted molar refractivity (Wildman–Crippen MR) is 90.9 cm³/mol. The van der Waals surface area contributed by atoms with Crippen molar-refractivity contribution >= 4 is 11.9 Å². The first-order valence-corrected chi connectivity index (χ1v) is 8.89. The molecule has 2 atom stereocenters. The molecule has 2 aliphatic heterocycles. The number of hydrogen-bond donors (Lipinski definition) is 1. The fourth-order valence-electron chi connectivity index (χ4n) is 3.74. The molecule has 2 saturated heterocycles. The zero-order chi connectivity index (χ0) is 17.6. The number of carbonyl (C=O) groups is 2. The second-order valence-electron chi connectivity index (χ2n) is 6.77. The molecule has 2 heterocycles. The van der Waals surface area contributed by atoms with Gasteiger partial charge in [-0.1, -0.05) is 30.3 Å². The minimum absolute atomic E-state index is 0.00324. The lowest BCUT2D eigenvalue weighted by Gasteiger charge is -2.35. The molecule has 1 amide bonds. The summed E-state index contributed by atoms with van der Waals surface area (Å²) in [6.07, 6.45) is 1.97. The first-order chi connectivity index (χ1) is 12.1. The van der Waals surface area contributed by atoms with Crippen LogP contribution in [0.1, 0.15) is 24.8 Å². The van der Waals surface area contributed by atoms with Gasteiger partial charge in [-0.25, -0.2) is 0 Å². The van der Waals surface area contributed by atoms with Crippen LogP contribution in [0.15, 0.2) is 30.3 Å². The number of aliphatic carboxylic acids is 1. The molecule has 6 heteroatoms. The van der Waals surface area contributed by atoms with Gasteiger partial charge in [0.2, 0.25) is 5.91 Å². The van der Waals surface area contributed by atoms with E-state index in [2.05, 4.69) is 0 Å². The van der Waals surface area contributed by atoms with E-state index < -0.39 is 11.9 Å². The zero-order valence-corrected chi connectivity index (χ0v) is 14.3. The van der Waals surface area contributed by atoms with Crippen LogP contribution in [-0.4, -0.2) is 54.3 Å². The molecular weight excluding hydrogens is 322 g/mol. The van der Waals surface area contributed by atoms with Crippen molar-refractivity contribution in [2.75, 3.05) is 26.3 Å². The Kier molecular flexibility index (Phi) is 6.04. The summed E-state index contributed by atoms with van der Waals surface area (Å²) < 4.78 is 11.2. The highest BCUT2D eigenvalue weighted by Crippen LogP contribution is 2.33. The highest BCUT2D eigenvalue weighted by molar-refractivity contribution is 5.77. The average Bonchev–Trinajstić information content (AvgIpc) is 3.13. The Labute approximate surface area is 147 Å². The molecule has 2 aliphatic rings. The summed E-state index contributed by atoms with van der Waals surface area (Å²) in [4.78, 5) is 25.4. The molecule has 25 heavy (non-hydrogen) atoms. The van der Waals surface area contributed by atoms with Crippen LogP contribution in [0.2, 0.25) is 0 Å². The number of nitrogens with zero attached hydrogens (tertiary/aromatic N) is 1. The number of ether oxygens (including phenoxy) is 2. The fourth-order valence-corrected chi connectivity index (χ4v) is 3.74. The molecule has 136 valence electrons. The largest absolute Gasteiger partial charge is 0.481 e. The molecule has 1 aromatic rings. The summed E-state index contributed by atoms with van der Waals surface area (Å²) in [5, 5.41) is 9.28. The van der Waals surface area contributed by atoms with Crippen LogP contribution in [0, 0.1) is 11.8 Å². The smallest absolute Gasteiger partial charge is 0.309 e. The van der Waals surface area contributed by atoms with Gasteiger partial charge in [0.15, 0.2) is 0 Å². The van der Waals surface area contributed by atoms with Gasteiger partial charge in [0, 0.05) is 19.7 Å². The van der Waals surface area contributed by atoms with Gasteiger partial charge in [-0.15, -0.1) is 0 Å². The molecule has 0 bridgehead atoms.